The van der Waals surface area contributed by atoms with E-state index in [2.05, 4.69) is 60.2 Å². The van der Waals surface area contributed by atoms with Crippen LogP contribution in [0.3, 0.4) is 0 Å². The molecule has 1 saturated heterocycles. The predicted molar refractivity (Wildman–Crippen MR) is 111 cm³/mol. The minimum atomic E-state index is 0.557. The molecule has 4 nitrogen and oxygen atoms in total. The molecule has 0 radical (unpaired) electrons. The van der Waals surface area contributed by atoms with Crippen molar-refractivity contribution in [3.05, 3.63) is 59.2 Å². The zero-order valence-electron chi connectivity index (χ0n) is 16.9. The summed E-state index contributed by atoms with van der Waals surface area (Å²) in [5, 5.41) is 0. The lowest BCUT2D eigenvalue weighted by molar-refractivity contribution is 0.153. The third-order valence-electron chi connectivity index (χ3n) is 5.28. The SMILES string of the molecule is COc1ccc(CCCN2CCN(C)CC2)cc1OCc1ccc(C)cc1. The van der Waals surface area contributed by atoms with Gasteiger partial charge in [0, 0.05) is 26.2 Å². The molecule has 0 aliphatic carbocycles. The van der Waals surface area contributed by atoms with Gasteiger partial charge in [-0.05, 0) is 56.6 Å². The van der Waals surface area contributed by atoms with E-state index in [-0.39, 0.29) is 0 Å². The van der Waals surface area contributed by atoms with E-state index in [4.69, 9.17) is 9.47 Å². The van der Waals surface area contributed by atoms with E-state index >= 15 is 0 Å². The van der Waals surface area contributed by atoms with Crippen LogP contribution in [-0.4, -0.2) is 56.7 Å². The number of nitrogens with zero attached hydrogens (tertiary/aromatic N) is 2. The molecule has 27 heavy (non-hydrogen) atoms. The van der Waals surface area contributed by atoms with E-state index in [1.807, 2.05) is 6.07 Å². The number of piperazine rings is 1. The summed E-state index contributed by atoms with van der Waals surface area (Å²) in [6, 6.07) is 14.8. The molecule has 0 bridgehead atoms. The molecule has 0 spiro atoms. The molecule has 0 atom stereocenters. The molecule has 1 heterocycles. The molecule has 146 valence electrons. The van der Waals surface area contributed by atoms with Crippen molar-refractivity contribution >= 4 is 0 Å². The molecule has 2 aromatic rings. The van der Waals surface area contributed by atoms with Crippen molar-refractivity contribution in [2.24, 2.45) is 0 Å². The molecule has 3 rings (SSSR count). The van der Waals surface area contributed by atoms with Crippen LogP contribution >= 0.6 is 0 Å². The summed E-state index contributed by atoms with van der Waals surface area (Å²) < 4.78 is 11.5. The minimum Gasteiger partial charge on any atom is -0.493 e. The molecule has 1 fully saturated rings. The first-order valence-electron chi connectivity index (χ1n) is 9.90. The van der Waals surface area contributed by atoms with Crippen molar-refractivity contribution in [1.29, 1.82) is 0 Å². The van der Waals surface area contributed by atoms with Crippen molar-refractivity contribution in [3.8, 4) is 11.5 Å². The van der Waals surface area contributed by atoms with Crippen LogP contribution in [0.5, 0.6) is 11.5 Å². The minimum absolute atomic E-state index is 0.557. The largest absolute Gasteiger partial charge is 0.493 e. The molecule has 4 heteroatoms. The lowest BCUT2D eigenvalue weighted by atomic mass is 10.1. The Morgan fingerprint density at radius 1 is 0.889 bits per heavy atom. The maximum Gasteiger partial charge on any atom is 0.161 e. The Balaban J connectivity index is 1.53. The molecule has 1 aliphatic heterocycles. The van der Waals surface area contributed by atoms with Crippen molar-refractivity contribution < 1.29 is 9.47 Å². The van der Waals surface area contributed by atoms with Crippen molar-refractivity contribution in [1.82, 2.24) is 9.80 Å². The Hall–Kier alpha value is -2.04. The number of rotatable bonds is 8. The molecule has 2 aromatic carbocycles. The first kappa shape index (κ1) is 19.7. The van der Waals surface area contributed by atoms with E-state index in [0.717, 1.165) is 17.9 Å². The summed E-state index contributed by atoms with van der Waals surface area (Å²) >= 11 is 0. The van der Waals surface area contributed by atoms with Gasteiger partial charge in [-0.25, -0.2) is 0 Å². The van der Waals surface area contributed by atoms with Crippen molar-refractivity contribution in [3.63, 3.8) is 0 Å². The Morgan fingerprint density at radius 2 is 1.59 bits per heavy atom. The quantitative estimate of drug-likeness (QED) is 0.708. The average Bonchev–Trinajstić information content (AvgIpc) is 2.69. The highest BCUT2D eigenvalue weighted by Gasteiger charge is 2.13. The van der Waals surface area contributed by atoms with Crippen molar-refractivity contribution in [2.45, 2.75) is 26.4 Å². The second-order valence-electron chi connectivity index (χ2n) is 7.51. The molecular weight excluding hydrogens is 336 g/mol. The van der Waals surface area contributed by atoms with Crippen LogP contribution in [0.1, 0.15) is 23.1 Å². The highest BCUT2D eigenvalue weighted by atomic mass is 16.5. The molecule has 0 amide bonds. The van der Waals surface area contributed by atoms with Gasteiger partial charge < -0.3 is 19.3 Å². The first-order chi connectivity index (χ1) is 13.1. The highest BCUT2D eigenvalue weighted by molar-refractivity contribution is 5.43. The Morgan fingerprint density at radius 3 is 2.30 bits per heavy atom. The number of hydrogen-bond acceptors (Lipinski definition) is 4. The molecule has 0 N–H and O–H groups in total. The predicted octanol–water partition coefficient (Wildman–Crippen LogP) is 3.76. The summed E-state index contributed by atoms with van der Waals surface area (Å²) in [6.07, 6.45) is 2.24. The van der Waals surface area contributed by atoms with Gasteiger partial charge in [-0.2, -0.15) is 0 Å². The number of likely N-dealkylation sites (N-methyl/N-ethyl adjacent to an activating group) is 1. The highest BCUT2D eigenvalue weighted by Crippen LogP contribution is 2.29. The van der Waals surface area contributed by atoms with Crippen LogP contribution in [0.4, 0.5) is 0 Å². The fourth-order valence-corrected chi connectivity index (χ4v) is 3.41. The number of hydrogen-bond donors (Lipinski definition) is 0. The molecule has 1 aliphatic rings. The van der Waals surface area contributed by atoms with Crippen LogP contribution in [0.2, 0.25) is 0 Å². The summed E-state index contributed by atoms with van der Waals surface area (Å²) in [5.41, 5.74) is 3.74. The third kappa shape index (κ3) is 5.98. The standard InChI is InChI=1S/C23H32N2O2/c1-19-6-8-21(9-7-19)18-27-23-17-20(10-11-22(23)26-3)5-4-12-25-15-13-24(2)14-16-25/h6-11,17H,4-5,12-16,18H2,1-3H3. The number of methoxy groups -OCH3 is 1. The van der Waals surface area contributed by atoms with Crippen molar-refractivity contribution in [2.75, 3.05) is 46.9 Å². The van der Waals surface area contributed by atoms with E-state index in [0.29, 0.717) is 6.61 Å². The van der Waals surface area contributed by atoms with E-state index in [9.17, 15) is 0 Å². The van der Waals surface area contributed by atoms with Crippen LogP contribution in [-0.2, 0) is 13.0 Å². The summed E-state index contributed by atoms with van der Waals surface area (Å²) in [7, 11) is 3.90. The van der Waals surface area contributed by atoms with Crippen LogP contribution in [0.25, 0.3) is 0 Å². The second kappa shape index (κ2) is 9.77. The van der Waals surface area contributed by atoms with E-state index in [1.54, 1.807) is 7.11 Å². The molecule has 0 unspecified atom stereocenters. The summed E-state index contributed by atoms with van der Waals surface area (Å²) in [4.78, 5) is 4.97. The van der Waals surface area contributed by atoms with Gasteiger partial charge in [0.05, 0.1) is 7.11 Å². The van der Waals surface area contributed by atoms with E-state index in [1.165, 1.54) is 55.8 Å². The summed E-state index contributed by atoms with van der Waals surface area (Å²) in [5.74, 6) is 1.63. The van der Waals surface area contributed by atoms with Gasteiger partial charge in [0.15, 0.2) is 11.5 Å². The van der Waals surface area contributed by atoms with E-state index < -0.39 is 0 Å². The summed E-state index contributed by atoms with van der Waals surface area (Å²) in [6.45, 7) is 8.55. The fraction of sp³-hybridized carbons (Fsp3) is 0.478. The number of aryl methyl sites for hydroxylation is 2. The Labute approximate surface area is 163 Å². The third-order valence-corrected chi connectivity index (χ3v) is 5.28. The van der Waals surface area contributed by atoms with Gasteiger partial charge in [-0.1, -0.05) is 35.9 Å². The zero-order valence-corrected chi connectivity index (χ0v) is 16.9. The van der Waals surface area contributed by atoms with Gasteiger partial charge in [0.2, 0.25) is 0 Å². The normalized spacial score (nSPS) is 15.7. The Kier molecular flexibility index (Phi) is 7.13. The Bertz CT molecular complexity index is 707. The second-order valence-corrected chi connectivity index (χ2v) is 7.51. The number of ether oxygens (including phenoxy) is 2. The monoisotopic (exact) mass is 368 g/mol. The zero-order chi connectivity index (χ0) is 19.1. The first-order valence-corrected chi connectivity index (χ1v) is 9.90. The number of benzene rings is 2. The van der Waals surface area contributed by atoms with Gasteiger partial charge in [-0.15, -0.1) is 0 Å². The lowest BCUT2D eigenvalue weighted by Crippen LogP contribution is -2.44. The fourth-order valence-electron chi connectivity index (χ4n) is 3.41. The van der Waals surface area contributed by atoms with Crippen LogP contribution < -0.4 is 9.47 Å². The van der Waals surface area contributed by atoms with Gasteiger partial charge in [0.25, 0.3) is 0 Å². The average molecular weight is 369 g/mol. The maximum absolute atomic E-state index is 6.06. The van der Waals surface area contributed by atoms with Gasteiger partial charge >= 0.3 is 0 Å². The molecule has 0 aromatic heterocycles. The van der Waals surface area contributed by atoms with Crippen LogP contribution in [0.15, 0.2) is 42.5 Å². The lowest BCUT2D eigenvalue weighted by Gasteiger charge is -2.32. The topological polar surface area (TPSA) is 24.9 Å². The van der Waals surface area contributed by atoms with Crippen LogP contribution in [0, 0.1) is 6.92 Å². The van der Waals surface area contributed by atoms with Gasteiger partial charge in [-0.3, -0.25) is 0 Å². The smallest absolute Gasteiger partial charge is 0.161 e. The van der Waals surface area contributed by atoms with Gasteiger partial charge in [0.1, 0.15) is 6.61 Å². The maximum atomic E-state index is 6.06. The molecular formula is C23H32N2O2. The molecule has 0 saturated carbocycles.